The smallest absolute Gasteiger partial charge is 0.186 e. The third-order valence-corrected chi connectivity index (χ3v) is 4.25. The summed E-state index contributed by atoms with van der Waals surface area (Å²) < 4.78 is 0.956. The van der Waals surface area contributed by atoms with Crippen molar-refractivity contribution < 1.29 is 0 Å². The normalized spacial score (nSPS) is 21.6. The summed E-state index contributed by atoms with van der Waals surface area (Å²) in [5.41, 5.74) is 0. The van der Waals surface area contributed by atoms with E-state index in [0.717, 1.165) is 22.8 Å². The molecule has 1 aliphatic rings. The van der Waals surface area contributed by atoms with E-state index in [4.69, 9.17) is 0 Å². The second-order valence-electron chi connectivity index (χ2n) is 4.20. The van der Waals surface area contributed by atoms with Gasteiger partial charge in [-0.25, -0.2) is 4.98 Å². The van der Waals surface area contributed by atoms with Crippen molar-refractivity contribution in [2.24, 2.45) is 0 Å². The molecule has 0 aromatic carbocycles. The molecule has 1 aliphatic heterocycles. The van der Waals surface area contributed by atoms with Crippen LogP contribution in [0.2, 0.25) is 0 Å². The number of thiazole rings is 1. The molecule has 1 fully saturated rings. The Bertz CT molecular complexity index is 326. The zero-order valence-electron chi connectivity index (χ0n) is 9.11. The lowest BCUT2D eigenvalue weighted by molar-refractivity contribution is 0.372. The van der Waals surface area contributed by atoms with E-state index in [-0.39, 0.29) is 0 Å². The number of hydrogen-bond acceptors (Lipinski definition) is 4. The summed E-state index contributed by atoms with van der Waals surface area (Å²) in [6.45, 7) is 2.27. The van der Waals surface area contributed by atoms with Gasteiger partial charge in [-0.15, -0.1) is 11.3 Å². The van der Waals surface area contributed by atoms with E-state index in [9.17, 15) is 0 Å². The Morgan fingerprint density at radius 3 is 3.07 bits per heavy atom. The monoisotopic (exact) mass is 289 g/mol. The van der Waals surface area contributed by atoms with E-state index in [1.165, 1.54) is 12.8 Å². The van der Waals surface area contributed by atoms with Gasteiger partial charge in [-0.1, -0.05) is 0 Å². The average molecular weight is 290 g/mol. The fourth-order valence-electron chi connectivity index (χ4n) is 2.08. The van der Waals surface area contributed by atoms with Crippen molar-refractivity contribution in [3.05, 3.63) is 9.98 Å². The van der Waals surface area contributed by atoms with Crippen LogP contribution in [0.15, 0.2) is 9.98 Å². The fourth-order valence-corrected chi connectivity index (χ4v) is 3.42. The van der Waals surface area contributed by atoms with Gasteiger partial charge in [0, 0.05) is 24.5 Å². The van der Waals surface area contributed by atoms with Crippen LogP contribution in [0.3, 0.4) is 0 Å². The molecule has 0 radical (unpaired) electrons. The van der Waals surface area contributed by atoms with Gasteiger partial charge < -0.3 is 9.80 Å². The molecule has 0 spiro atoms. The van der Waals surface area contributed by atoms with Crippen molar-refractivity contribution in [3.63, 3.8) is 0 Å². The van der Waals surface area contributed by atoms with Gasteiger partial charge in [-0.3, -0.25) is 0 Å². The minimum absolute atomic E-state index is 0.637. The van der Waals surface area contributed by atoms with E-state index in [1.54, 1.807) is 11.3 Å². The summed E-state index contributed by atoms with van der Waals surface area (Å²) in [5, 5.41) is 3.21. The lowest BCUT2D eigenvalue weighted by Crippen LogP contribution is -2.37. The first kappa shape index (κ1) is 11.4. The number of aromatic nitrogens is 1. The number of hydrogen-bond donors (Lipinski definition) is 0. The number of nitrogens with zero attached hydrogens (tertiary/aromatic N) is 3. The second-order valence-corrected chi connectivity index (χ2v) is 5.85. The zero-order valence-corrected chi connectivity index (χ0v) is 11.5. The third kappa shape index (κ3) is 2.71. The summed E-state index contributed by atoms with van der Waals surface area (Å²) in [6.07, 6.45) is 2.57. The van der Waals surface area contributed by atoms with Gasteiger partial charge in [0.15, 0.2) is 5.13 Å². The van der Waals surface area contributed by atoms with Crippen LogP contribution in [-0.2, 0) is 0 Å². The zero-order chi connectivity index (χ0) is 10.8. The molecule has 0 saturated carbocycles. The number of likely N-dealkylation sites (N-methyl/N-ethyl adjacent to an activating group) is 1. The Kier molecular flexibility index (Phi) is 3.64. The molecule has 3 nitrogen and oxygen atoms in total. The standard InChI is InChI=1S/C10H16BrN3S/c1-13(2)6-8-4-3-5-14(8)10-12-9(11)7-15-10/h7-8H,3-6H2,1-2H3. The lowest BCUT2D eigenvalue weighted by Gasteiger charge is -2.26. The van der Waals surface area contributed by atoms with Gasteiger partial charge in [0.1, 0.15) is 4.60 Å². The predicted molar refractivity (Wildman–Crippen MR) is 68.7 cm³/mol. The fraction of sp³-hybridized carbons (Fsp3) is 0.700. The molecule has 2 rings (SSSR count). The van der Waals surface area contributed by atoms with Crippen LogP contribution in [0, 0.1) is 0 Å². The van der Waals surface area contributed by atoms with Gasteiger partial charge in [0.05, 0.1) is 0 Å². The van der Waals surface area contributed by atoms with Crippen molar-refractivity contribution in [2.75, 3.05) is 32.1 Å². The van der Waals surface area contributed by atoms with E-state index in [2.05, 4.69) is 50.2 Å². The second kappa shape index (κ2) is 4.80. The van der Waals surface area contributed by atoms with Gasteiger partial charge >= 0.3 is 0 Å². The first-order chi connectivity index (χ1) is 7.16. The number of rotatable bonds is 3. The van der Waals surface area contributed by atoms with E-state index < -0.39 is 0 Å². The molecular formula is C10H16BrN3S. The van der Waals surface area contributed by atoms with Crippen molar-refractivity contribution in [2.45, 2.75) is 18.9 Å². The maximum Gasteiger partial charge on any atom is 0.186 e. The van der Waals surface area contributed by atoms with Crippen LogP contribution in [-0.4, -0.2) is 43.1 Å². The summed E-state index contributed by atoms with van der Waals surface area (Å²) in [6, 6.07) is 0.637. The number of anilines is 1. The van der Waals surface area contributed by atoms with E-state index in [0.29, 0.717) is 6.04 Å². The topological polar surface area (TPSA) is 19.4 Å². The Labute approximate surface area is 103 Å². The summed E-state index contributed by atoms with van der Waals surface area (Å²) in [7, 11) is 4.27. The maximum atomic E-state index is 4.49. The van der Waals surface area contributed by atoms with Crippen LogP contribution in [0.4, 0.5) is 5.13 Å². The number of halogens is 1. The Hall–Kier alpha value is -0.130. The highest BCUT2D eigenvalue weighted by Gasteiger charge is 2.26. The van der Waals surface area contributed by atoms with Crippen LogP contribution in [0.5, 0.6) is 0 Å². The van der Waals surface area contributed by atoms with E-state index in [1.807, 2.05) is 0 Å². The molecule has 1 atom stereocenters. The molecule has 0 aliphatic carbocycles. The molecule has 1 saturated heterocycles. The summed E-state index contributed by atoms with van der Waals surface area (Å²) in [4.78, 5) is 9.19. The summed E-state index contributed by atoms with van der Waals surface area (Å²) in [5.74, 6) is 0. The van der Waals surface area contributed by atoms with Crippen molar-refractivity contribution >= 4 is 32.4 Å². The largest absolute Gasteiger partial charge is 0.344 e. The van der Waals surface area contributed by atoms with Gasteiger partial charge in [0.25, 0.3) is 0 Å². The molecule has 0 amide bonds. The Morgan fingerprint density at radius 2 is 2.47 bits per heavy atom. The van der Waals surface area contributed by atoms with Crippen LogP contribution in [0.25, 0.3) is 0 Å². The Balaban J connectivity index is 2.07. The molecule has 84 valence electrons. The molecule has 1 aromatic heterocycles. The quantitative estimate of drug-likeness (QED) is 0.852. The molecule has 5 heteroatoms. The molecule has 0 N–H and O–H groups in total. The van der Waals surface area contributed by atoms with Crippen LogP contribution >= 0.6 is 27.3 Å². The van der Waals surface area contributed by atoms with Crippen molar-refractivity contribution in [1.82, 2.24) is 9.88 Å². The summed E-state index contributed by atoms with van der Waals surface area (Å²) >= 11 is 5.14. The van der Waals surface area contributed by atoms with Crippen LogP contribution < -0.4 is 4.90 Å². The van der Waals surface area contributed by atoms with Gasteiger partial charge in [-0.05, 0) is 42.9 Å². The molecule has 0 bridgehead atoms. The first-order valence-corrected chi connectivity index (χ1v) is 6.86. The minimum Gasteiger partial charge on any atom is -0.344 e. The van der Waals surface area contributed by atoms with Crippen LogP contribution in [0.1, 0.15) is 12.8 Å². The minimum atomic E-state index is 0.637. The third-order valence-electron chi connectivity index (χ3n) is 2.66. The molecule has 1 unspecified atom stereocenters. The molecule has 1 aromatic rings. The highest BCUT2D eigenvalue weighted by molar-refractivity contribution is 9.10. The highest BCUT2D eigenvalue weighted by Crippen LogP contribution is 2.30. The Morgan fingerprint density at radius 1 is 1.67 bits per heavy atom. The molecular weight excluding hydrogens is 274 g/mol. The van der Waals surface area contributed by atoms with Gasteiger partial charge in [0.2, 0.25) is 0 Å². The van der Waals surface area contributed by atoms with Gasteiger partial charge in [-0.2, -0.15) is 0 Å². The first-order valence-electron chi connectivity index (χ1n) is 5.19. The average Bonchev–Trinajstić information content (AvgIpc) is 2.72. The molecule has 15 heavy (non-hydrogen) atoms. The lowest BCUT2D eigenvalue weighted by atomic mass is 10.2. The SMILES string of the molecule is CN(C)CC1CCCN1c1nc(Br)cs1. The predicted octanol–water partition coefficient (Wildman–Crippen LogP) is 2.44. The molecule has 2 heterocycles. The van der Waals surface area contributed by atoms with Crippen molar-refractivity contribution in [1.29, 1.82) is 0 Å². The highest BCUT2D eigenvalue weighted by atomic mass is 79.9. The maximum absolute atomic E-state index is 4.49. The van der Waals surface area contributed by atoms with Crippen molar-refractivity contribution in [3.8, 4) is 0 Å². The van der Waals surface area contributed by atoms with E-state index >= 15 is 0 Å².